The molecule has 1 spiro atoms. The number of ether oxygens (including phenoxy) is 2. The Bertz CT molecular complexity index is 846. The molecule has 2 aliphatic heterocycles. The van der Waals surface area contributed by atoms with Crippen LogP contribution in [0.1, 0.15) is 30.9 Å². The van der Waals surface area contributed by atoms with Gasteiger partial charge < -0.3 is 25.0 Å². The second-order valence-electron chi connectivity index (χ2n) is 7.68. The molecule has 0 radical (unpaired) electrons. The van der Waals surface area contributed by atoms with Gasteiger partial charge in [-0.3, -0.25) is 0 Å². The lowest BCUT2D eigenvalue weighted by atomic mass is 9.80. The number of methoxy groups -OCH3 is 1. The number of carbonyl (C=O) groups excluding carboxylic acids is 1. The lowest BCUT2D eigenvalue weighted by Gasteiger charge is -2.46. The molecule has 28 heavy (non-hydrogen) atoms. The summed E-state index contributed by atoms with van der Waals surface area (Å²) in [5.74, 6) is 1.51. The summed E-state index contributed by atoms with van der Waals surface area (Å²) in [6.45, 7) is 2.00. The Hall–Kier alpha value is -2.73. The van der Waals surface area contributed by atoms with Crippen molar-refractivity contribution in [1.82, 2.24) is 10.2 Å². The van der Waals surface area contributed by atoms with Crippen LogP contribution in [0.2, 0.25) is 0 Å². The van der Waals surface area contributed by atoms with Crippen LogP contribution < -0.4 is 20.1 Å². The fourth-order valence-corrected chi connectivity index (χ4v) is 4.14. The van der Waals surface area contributed by atoms with E-state index in [1.807, 2.05) is 48.5 Å². The lowest BCUT2D eigenvalue weighted by molar-refractivity contribution is -0.0188. The van der Waals surface area contributed by atoms with Crippen molar-refractivity contribution in [1.29, 1.82) is 0 Å². The van der Waals surface area contributed by atoms with Crippen molar-refractivity contribution < 1.29 is 14.3 Å². The summed E-state index contributed by atoms with van der Waals surface area (Å²) in [6.07, 6.45) is 2.70. The standard InChI is InChI=1S/C22H27N3O3/c1-25-13-11-22(12-14-25)15-18(16-7-3-5-9-19(16)28-22)24-21(26)23-17-8-4-6-10-20(17)27-2/h3-10,18H,11-15H2,1-2H3,(H2,23,24,26). The molecule has 0 saturated carbocycles. The molecular weight excluding hydrogens is 354 g/mol. The van der Waals surface area contributed by atoms with Crippen molar-refractivity contribution in [3.05, 3.63) is 54.1 Å². The van der Waals surface area contributed by atoms with E-state index in [-0.39, 0.29) is 17.7 Å². The van der Waals surface area contributed by atoms with E-state index in [9.17, 15) is 4.79 Å². The molecule has 1 atom stereocenters. The summed E-state index contributed by atoms with van der Waals surface area (Å²) in [5.41, 5.74) is 1.46. The summed E-state index contributed by atoms with van der Waals surface area (Å²) in [4.78, 5) is 15.1. The van der Waals surface area contributed by atoms with Crippen molar-refractivity contribution >= 4 is 11.7 Å². The number of hydrogen-bond donors (Lipinski definition) is 2. The summed E-state index contributed by atoms with van der Waals surface area (Å²) < 4.78 is 11.8. The van der Waals surface area contributed by atoms with Crippen LogP contribution >= 0.6 is 0 Å². The third-order valence-corrected chi connectivity index (χ3v) is 5.76. The third kappa shape index (κ3) is 3.78. The van der Waals surface area contributed by atoms with E-state index in [4.69, 9.17) is 9.47 Å². The maximum absolute atomic E-state index is 12.8. The summed E-state index contributed by atoms with van der Waals surface area (Å²) in [6, 6.07) is 15.1. The smallest absolute Gasteiger partial charge is 0.319 e. The summed E-state index contributed by atoms with van der Waals surface area (Å²) in [5, 5.41) is 6.07. The second kappa shape index (κ2) is 7.72. The Morgan fingerprint density at radius 1 is 1.14 bits per heavy atom. The molecule has 4 rings (SSSR count). The van der Waals surface area contributed by atoms with Gasteiger partial charge in [-0.15, -0.1) is 0 Å². The number of carbonyl (C=O) groups is 1. The molecular formula is C22H27N3O3. The van der Waals surface area contributed by atoms with Crippen molar-refractivity contribution in [2.24, 2.45) is 0 Å². The van der Waals surface area contributed by atoms with E-state index in [0.29, 0.717) is 11.4 Å². The van der Waals surface area contributed by atoms with Gasteiger partial charge in [0.25, 0.3) is 0 Å². The van der Waals surface area contributed by atoms with Crippen LogP contribution in [0.5, 0.6) is 11.5 Å². The van der Waals surface area contributed by atoms with Gasteiger partial charge in [0.15, 0.2) is 0 Å². The van der Waals surface area contributed by atoms with Gasteiger partial charge in [-0.25, -0.2) is 4.79 Å². The first kappa shape index (κ1) is 18.6. The third-order valence-electron chi connectivity index (χ3n) is 5.76. The molecule has 1 unspecified atom stereocenters. The molecule has 0 aromatic heterocycles. The molecule has 0 aliphatic carbocycles. The number of fused-ring (bicyclic) bond motifs is 1. The minimum absolute atomic E-state index is 0.0944. The number of urea groups is 1. The zero-order chi connectivity index (χ0) is 19.6. The summed E-state index contributed by atoms with van der Waals surface area (Å²) in [7, 11) is 3.73. The monoisotopic (exact) mass is 381 g/mol. The van der Waals surface area contributed by atoms with Gasteiger partial charge in [-0.2, -0.15) is 0 Å². The highest BCUT2D eigenvalue weighted by Gasteiger charge is 2.43. The maximum Gasteiger partial charge on any atom is 0.319 e. The number of piperidine rings is 1. The normalized spacial score (nSPS) is 20.7. The van der Waals surface area contributed by atoms with Crippen LogP contribution in [-0.4, -0.2) is 43.8 Å². The van der Waals surface area contributed by atoms with Gasteiger partial charge >= 0.3 is 6.03 Å². The minimum atomic E-state index is -0.241. The van der Waals surface area contributed by atoms with Gasteiger partial charge in [0.2, 0.25) is 0 Å². The summed E-state index contributed by atoms with van der Waals surface area (Å²) >= 11 is 0. The van der Waals surface area contributed by atoms with E-state index in [1.54, 1.807) is 7.11 Å². The number of likely N-dealkylation sites (tertiary alicyclic amines) is 1. The largest absolute Gasteiger partial charge is 0.495 e. The van der Waals surface area contributed by atoms with Crippen molar-refractivity contribution in [2.75, 3.05) is 32.6 Å². The first-order valence-electron chi connectivity index (χ1n) is 9.76. The molecule has 6 nitrogen and oxygen atoms in total. The van der Waals surface area contributed by atoms with Crippen LogP contribution in [-0.2, 0) is 0 Å². The SMILES string of the molecule is COc1ccccc1NC(=O)NC1CC2(CCN(C)CC2)Oc2ccccc21. The molecule has 148 valence electrons. The fraction of sp³-hybridized carbons (Fsp3) is 0.409. The zero-order valence-corrected chi connectivity index (χ0v) is 16.4. The van der Waals surface area contributed by atoms with Crippen molar-refractivity contribution in [3.63, 3.8) is 0 Å². The molecule has 2 aromatic rings. The van der Waals surface area contributed by atoms with E-state index >= 15 is 0 Å². The molecule has 1 saturated heterocycles. The van der Waals surface area contributed by atoms with Crippen LogP contribution in [0.15, 0.2) is 48.5 Å². The van der Waals surface area contributed by atoms with Crippen molar-refractivity contribution in [2.45, 2.75) is 30.9 Å². The van der Waals surface area contributed by atoms with Gasteiger partial charge in [-0.1, -0.05) is 30.3 Å². The molecule has 0 bridgehead atoms. The highest BCUT2D eigenvalue weighted by molar-refractivity contribution is 5.91. The molecule has 2 heterocycles. The first-order chi connectivity index (χ1) is 13.6. The van der Waals surface area contributed by atoms with Gasteiger partial charge in [0.1, 0.15) is 17.1 Å². The Morgan fingerprint density at radius 3 is 2.64 bits per heavy atom. The predicted octanol–water partition coefficient (Wildman–Crippen LogP) is 3.80. The van der Waals surface area contributed by atoms with Gasteiger partial charge in [-0.05, 0) is 38.1 Å². The molecule has 2 N–H and O–H groups in total. The van der Waals surface area contributed by atoms with Crippen molar-refractivity contribution in [3.8, 4) is 11.5 Å². The number of nitrogens with zero attached hydrogens (tertiary/aromatic N) is 1. The molecule has 2 aromatic carbocycles. The van der Waals surface area contributed by atoms with E-state index < -0.39 is 0 Å². The topological polar surface area (TPSA) is 62.8 Å². The van der Waals surface area contributed by atoms with Crippen LogP contribution in [0.3, 0.4) is 0 Å². The second-order valence-corrected chi connectivity index (χ2v) is 7.68. The predicted molar refractivity (Wildman–Crippen MR) is 109 cm³/mol. The Morgan fingerprint density at radius 2 is 1.86 bits per heavy atom. The average molecular weight is 381 g/mol. The number of rotatable bonds is 3. The minimum Gasteiger partial charge on any atom is -0.495 e. The van der Waals surface area contributed by atoms with E-state index in [2.05, 4.69) is 22.6 Å². The maximum atomic E-state index is 12.8. The first-order valence-corrected chi connectivity index (χ1v) is 9.76. The van der Waals surface area contributed by atoms with Gasteiger partial charge in [0, 0.05) is 25.1 Å². The number of nitrogens with one attached hydrogen (secondary N) is 2. The highest BCUT2D eigenvalue weighted by Crippen LogP contribution is 2.44. The molecule has 2 aliphatic rings. The lowest BCUT2D eigenvalue weighted by Crippen LogP contribution is -2.51. The molecule has 2 amide bonds. The van der Waals surface area contributed by atoms with E-state index in [0.717, 1.165) is 43.7 Å². The highest BCUT2D eigenvalue weighted by atomic mass is 16.5. The van der Waals surface area contributed by atoms with E-state index in [1.165, 1.54) is 0 Å². The zero-order valence-electron chi connectivity index (χ0n) is 16.4. The number of hydrogen-bond acceptors (Lipinski definition) is 4. The Labute approximate surface area is 165 Å². The number of benzene rings is 2. The molecule has 1 fully saturated rings. The number of anilines is 1. The number of amides is 2. The fourth-order valence-electron chi connectivity index (χ4n) is 4.14. The van der Waals surface area contributed by atoms with Crippen LogP contribution in [0.25, 0.3) is 0 Å². The Kier molecular flexibility index (Phi) is 5.13. The van der Waals surface area contributed by atoms with Crippen LogP contribution in [0, 0.1) is 0 Å². The van der Waals surface area contributed by atoms with Crippen LogP contribution in [0.4, 0.5) is 10.5 Å². The Balaban J connectivity index is 1.53. The quantitative estimate of drug-likeness (QED) is 0.849. The van der Waals surface area contributed by atoms with Gasteiger partial charge in [0.05, 0.1) is 18.8 Å². The average Bonchev–Trinajstić information content (AvgIpc) is 2.71. The molecule has 6 heteroatoms. The number of para-hydroxylation sites is 3.